The van der Waals surface area contributed by atoms with Crippen molar-refractivity contribution in [3.05, 3.63) is 67.2 Å². The molecule has 0 radical (unpaired) electrons. The summed E-state index contributed by atoms with van der Waals surface area (Å²) in [4.78, 5) is 56.0. The van der Waals surface area contributed by atoms with Gasteiger partial charge in [-0.05, 0) is 30.7 Å². The largest absolute Gasteiger partial charge is 0.469 e. The summed E-state index contributed by atoms with van der Waals surface area (Å²) in [5.74, 6) is -0.631. The Morgan fingerprint density at radius 3 is 2.70 bits per heavy atom. The normalized spacial score (nSPS) is 16.8. The zero-order valence-electron chi connectivity index (χ0n) is 16.8. The van der Waals surface area contributed by atoms with E-state index in [0.717, 1.165) is 34.3 Å². The second-order valence-electron chi connectivity index (χ2n) is 7.69. The number of aromatic nitrogens is 2. The Labute approximate surface area is 176 Å². The Kier molecular flexibility index (Phi) is 5.42. The molecule has 0 saturated carbocycles. The molecule has 2 heterocycles. The maximum atomic E-state index is 13.5. The van der Waals surface area contributed by atoms with Crippen molar-refractivity contribution < 1.29 is 14.3 Å². The maximum Gasteiger partial charge on any atom is 0.330 e. The van der Waals surface area contributed by atoms with Gasteiger partial charge in [0, 0.05) is 10.4 Å². The third-order valence-corrected chi connectivity index (χ3v) is 6.81. The number of nitrogens with one attached hydrogen (secondary N) is 1. The third-order valence-electron chi connectivity index (χ3n) is 5.64. The Morgan fingerprint density at radius 2 is 2.00 bits per heavy atom. The van der Waals surface area contributed by atoms with Crippen LogP contribution in [0.4, 0.5) is 0 Å². The van der Waals surface area contributed by atoms with Crippen molar-refractivity contribution in [2.45, 2.75) is 38.6 Å². The van der Waals surface area contributed by atoms with E-state index in [2.05, 4.69) is 11.9 Å². The predicted octanol–water partition coefficient (Wildman–Crippen LogP) is 2.86. The Hall–Kier alpha value is -3.00. The second-order valence-corrected chi connectivity index (χ2v) is 8.79. The fraction of sp³-hybridized carbons (Fsp3) is 0.364. The summed E-state index contributed by atoms with van der Waals surface area (Å²) in [5, 5.41) is 0.456. The lowest BCUT2D eigenvalue weighted by molar-refractivity contribution is -0.141. The molecule has 1 aromatic carbocycles. The highest BCUT2D eigenvalue weighted by molar-refractivity contribution is 7.18. The first-order valence-electron chi connectivity index (χ1n) is 9.85. The summed E-state index contributed by atoms with van der Waals surface area (Å²) < 4.78 is 5.61. The van der Waals surface area contributed by atoms with Crippen LogP contribution in [0.1, 0.15) is 46.6 Å². The van der Waals surface area contributed by atoms with Gasteiger partial charge >= 0.3 is 11.7 Å². The highest BCUT2D eigenvalue weighted by atomic mass is 32.1. The number of methoxy groups -OCH3 is 1. The molecule has 2 atom stereocenters. The topological polar surface area (TPSA) is 98.2 Å². The van der Waals surface area contributed by atoms with Gasteiger partial charge in [-0.1, -0.05) is 37.3 Å². The molecule has 0 aliphatic heterocycles. The van der Waals surface area contributed by atoms with Crippen molar-refractivity contribution in [1.82, 2.24) is 9.55 Å². The number of rotatable bonds is 5. The van der Waals surface area contributed by atoms with Crippen LogP contribution in [-0.4, -0.2) is 28.4 Å². The average Bonchev–Trinajstić information content (AvgIpc) is 3.09. The molecule has 0 saturated heterocycles. The van der Waals surface area contributed by atoms with Crippen LogP contribution in [0, 0.1) is 5.92 Å². The van der Waals surface area contributed by atoms with Crippen molar-refractivity contribution in [3.8, 4) is 0 Å². The number of carbonyl (C=O) groups excluding carboxylic acids is 2. The van der Waals surface area contributed by atoms with Gasteiger partial charge in [0.25, 0.3) is 5.56 Å². The molecule has 2 aromatic heterocycles. The summed E-state index contributed by atoms with van der Waals surface area (Å²) in [5.41, 5.74) is 0.0439. The van der Waals surface area contributed by atoms with Gasteiger partial charge < -0.3 is 4.74 Å². The highest BCUT2D eigenvalue weighted by Crippen LogP contribution is 2.35. The second kappa shape index (κ2) is 8.02. The predicted molar refractivity (Wildman–Crippen MR) is 114 cm³/mol. The number of H-pyrrole nitrogens is 1. The van der Waals surface area contributed by atoms with Crippen molar-refractivity contribution in [2.75, 3.05) is 7.11 Å². The Balaban J connectivity index is 1.91. The molecule has 2 unspecified atom stereocenters. The van der Waals surface area contributed by atoms with E-state index in [1.807, 2.05) is 0 Å². The Bertz CT molecular complexity index is 1240. The quantitative estimate of drug-likeness (QED) is 0.500. The molecular weight excluding hydrogens is 404 g/mol. The number of ether oxygens (including phenoxy) is 1. The van der Waals surface area contributed by atoms with Crippen LogP contribution in [0.15, 0.2) is 39.9 Å². The van der Waals surface area contributed by atoms with Gasteiger partial charge in [-0.2, -0.15) is 0 Å². The first-order valence-corrected chi connectivity index (χ1v) is 10.7. The Morgan fingerprint density at radius 1 is 1.27 bits per heavy atom. The summed E-state index contributed by atoms with van der Waals surface area (Å²) in [6.07, 6.45) is 2.19. The van der Waals surface area contributed by atoms with Crippen LogP contribution in [-0.2, 0) is 22.4 Å². The lowest BCUT2D eigenvalue weighted by atomic mass is 9.89. The molecule has 1 aliphatic carbocycles. The van der Waals surface area contributed by atoms with Gasteiger partial charge in [0.2, 0.25) is 0 Å². The number of nitrogens with zero attached hydrogens (tertiary/aromatic N) is 1. The van der Waals surface area contributed by atoms with Gasteiger partial charge in [0.1, 0.15) is 10.9 Å². The smallest absolute Gasteiger partial charge is 0.330 e. The third kappa shape index (κ3) is 3.52. The van der Waals surface area contributed by atoms with Crippen molar-refractivity contribution in [2.24, 2.45) is 5.92 Å². The number of hydrogen-bond acceptors (Lipinski definition) is 6. The first kappa shape index (κ1) is 20.3. The number of fused-ring (bicyclic) bond motifs is 3. The van der Waals surface area contributed by atoms with Gasteiger partial charge in [-0.25, -0.2) is 9.36 Å². The number of thiophene rings is 1. The number of aromatic amines is 1. The molecule has 1 N–H and O–H groups in total. The van der Waals surface area contributed by atoms with E-state index in [0.29, 0.717) is 21.7 Å². The van der Waals surface area contributed by atoms with E-state index in [1.54, 1.807) is 30.3 Å². The van der Waals surface area contributed by atoms with Crippen molar-refractivity contribution in [3.63, 3.8) is 0 Å². The molecule has 0 fully saturated rings. The van der Waals surface area contributed by atoms with Gasteiger partial charge in [0.15, 0.2) is 5.78 Å². The zero-order chi connectivity index (χ0) is 21.4. The minimum Gasteiger partial charge on any atom is -0.469 e. The number of aryl methyl sites for hydroxylation is 1. The summed E-state index contributed by atoms with van der Waals surface area (Å²) in [6, 6.07) is 7.05. The van der Waals surface area contributed by atoms with E-state index >= 15 is 0 Å². The number of ketones is 1. The molecule has 0 bridgehead atoms. The minimum absolute atomic E-state index is 0.318. The molecule has 0 amide bonds. The number of benzene rings is 1. The molecule has 30 heavy (non-hydrogen) atoms. The lowest BCUT2D eigenvalue weighted by Gasteiger charge is -2.19. The molecule has 7 nitrogen and oxygen atoms in total. The van der Waals surface area contributed by atoms with Crippen LogP contribution < -0.4 is 11.2 Å². The first-order chi connectivity index (χ1) is 14.4. The van der Waals surface area contributed by atoms with Crippen LogP contribution >= 0.6 is 11.3 Å². The minimum atomic E-state index is -1.28. The summed E-state index contributed by atoms with van der Waals surface area (Å²) >= 11 is 1.43. The number of esters is 1. The molecular formula is C22H22N2O5S. The number of Topliss-reactive ketones (excluding diaryl/α,β-unsaturated/α-hetero) is 1. The fourth-order valence-corrected chi connectivity index (χ4v) is 5.45. The molecule has 3 aromatic rings. The van der Waals surface area contributed by atoms with E-state index in [4.69, 9.17) is 4.74 Å². The lowest BCUT2D eigenvalue weighted by Crippen LogP contribution is -2.42. The standard InChI is InChI=1S/C22H22N2O5S/c1-12-8-9-14-16(10-12)30-20-18(14)21(27)24(22(28)23-20)15(11-17(25)29-2)19(26)13-6-4-3-5-7-13/h3-7,12,15H,8-11H2,1-2H3,(H,23,28). The van der Waals surface area contributed by atoms with Gasteiger partial charge in [-0.15, -0.1) is 11.3 Å². The molecule has 0 spiro atoms. The van der Waals surface area contributed by atoms with Gasteiger partial charge in [-0.3, -0.25) is 19.4 Å². The van der Waals surface area contributed by atoms with E-state index < -0.39 is 35.5 Å². The van der Waals surface area contributed by atoms with E-state index in [-0.39, 0.29) is 0 Å². The van der Waals surface area contributed by atoms with Crippen LogP contribution in [0.2, 0.25) is 0 Å². The number of hydrogen-bond donors (Lipinski definition) is 1. The summed E-state index contributed by atoms with van der Waals surface area (Å²) in [6.45, 7) is 2.17. The highest BCUT2D eigenvalue weighted by Gasteiger charge is 2.31. The maximum absolute atomic E-state index is 13.5. The monoisotopic (exact) mass is 426 g/mol. The van der Waals surface area contributed by atoms with Crippen molar-refractivity contribution in [1.29, 1.82) is 0 Å². The average molecular weight is 426 g/mol. The fourth-order valence-electron chi connectivity index (χ4n) is 4.06. The van der Waals surface area contributed by atoms with Gasteiger partial charge in [0.05, 0.1) is 18.9 Å². The molecule has 156 valence electrons. The van der Waals surface area contributed by atoms with Crippen LogP contribution in [0.3, 0.4) is 0 Å². The van der Waals surface area contributed by atoms with Crippen molar-refractivity contribution >= 4 is 33.3 Å². The molecule has 1 aliphatic rings. The van der Waals surface area contributed by atoms with E-state index in [1.165, 1.54) is 18.4 Å². The zero-order valence-corrected chi connectivity index (χ0v) is 17.6. The van der Waals surface area contributed by atoms with Crippen LogP contribution in [0.5, 0.6) is 0 Å². The van der Waals surface area contributed by atoms with Crippen LogP contribution in [0.25, 0.3) is 10.2 Å². The SMILES string of the molecule is COC(=O)CC(C(=O)c1ccccc1)n1c(=O)[nH]c2sc3c(c2c1=O)CCC(C)C3. The number of carbonyl (C=O) groups is 2. The summed E-state index contributed by atoms with van der Waals surface area (Å²) in [7, 11) is 1.21. The molecule has 8 heteroatoms. The molecule has 4 rings (SSSR count). The van der Waals surface area contributed by atoms with E-state index in [9.17, 15) is 19.2 Å².